The lowest BCUT2D eigenvalue weighted by molar-refractivity contribution is 0.195. The summed E-state index contributed by atoms with van der Waals surface area (Å²) in [4.78, 5) is 2.65. The third-order valence-electron chi connectivity index (χ3n) is 4.09. The lowest BCUT2D eigenvalue weighted by atomic mass is 10.1. The third-order valence-corrected chi connectivity index (χ3v) is 4.09. The predicted molar refractivity (Wildman–Crippen MR) is 75.7 cm³/mol. The maximum absolute atomic E-state index is 9.41. The van der Waals surface area contributed by atoms with E-state index in [0.29, 0.717) is 18.7 Å². The molecule has 18 heavy (non-hydrogen) atoms. The molecule has 106 valence electrons. The molecule has 1 unspecified atom stereocenters. The van der Waals surface area contributed by atoms with E-state index in [1.807, 2.05) is 0 Å². The van der Waals surface area contributed by atoms with Gasteiger partial charge in [-0.2, -0.15) is 0 Å². The molecule has 0 aromatic rings. The van der Waals surface area contributed by atoms with E-state index in [-0.39, 0.29) is 0 Å². The van der Waals surface area contributed by atoms with Gasteiger partial charge in [-0.3, -0.25) is 0 Å². The predicted octanol–water partition coefficient (Wildman–Crippen LogP) is 2.00. The van der Waals surface area contributed by atoms with Gasteiger partial charge in [0.05, 0.1) is 6.61 Å². The SMILES string of the molecule is CC(C)CCN(CCC(CO)NC1CC1)C1CC1. The van der Waals surface area contributed by atoms with Crippen molar-refractivity contribution in [3.8, 4) is 0 Å². The molecule has 3 heteroatoms. The minimum Gasteiger partial charge on any atom is -0.395 e. The average Bonchev–Trinajstić information content (AvgIpc) is 3.20. The van der Waals surface area contributed by atoms with Gasteiger partial charge in [-0.15, -0.1) is 0 Å². The van der Waals surface area contributed by atoms with Crippen molar-refractivity contribution in [2.75, 3.05) is 19.7 Å². The molecule has 0 aromatic heterocycles. The van der Waals surface area contributed by atoms with Gasteiger partial charge in [-0.05, 0) is 57.5 Å². The van der Waals surface area contributed by atoms with Crippen molar-refractivity contribution < 1.29 is 5.11 Å². The quantitative estimate of drug-likeness (QED) is 0.626. The summed E-state index contributed by atoms with van der Waals surface area (Å²) in [6, 6.07) is 1.87. The molecule has 2 aliphatic carbocycles. The average molecular weight is 254 g/mol. The Morgan fingerprint density at radius 2 is 1.78 bits per heavy atom. The number of aliphatic hydroxyl groups excluding tert-OH is 1. The van der Waals surface area contributed by atoms with Crippen molar-refractivity contribution in [3.05, 3.63) is 0 Å². The molecule has 3 nitrogen and oxygen atoms in total. The maximum Gasteiger partial charge on any atom is 0.0585 e. The van der Waals surface area contributed by atoms with E-state index in [9.17, 15) is 5.11 Å². The first-order chi connectivity index (χ1) is 8.69. The van der Waals surface area contributed by atoms with Crippen molar-refractivity contribution in [2.24, 2.45) is 5.92 Å². The first-order valence-corrected chi connectivity index (χ1v) is 7.80. The number of nitrogens with one attached hydrogen (secondary N) is 1. The van der Waals surface area contributed by atoms with Gasteiger partial charge in [-0.25, -0.2) is 0 Å². The highest BCUT2D eigenvalue weighted by Crippen LogP contribution is 2.28. The topological polar surface area (TPSA) is 35.5 Å². The third kappa shape index (κ3) is 5.25. The second-order valence-electron chi connectivity index (χ2n) is 6.56. The van der Waals surface area contributed by atoms with E-state index in [1.54, 1.807) is 0 Å². The van der Waals surface area contributed by atoms with Gasteiger partial charge in [0.1, 0.15) is 0 Å². The standard InChI is InChI=1S/C15H30N2O/c1-12(2)7-9-17(15-5-6-15)10-8-14(11-18)16-13-3-4-13/h12-16,18H,3-11H2,1-2H3. The summed E-state index contributed by atoms with van der Waals surface area (Å²) in [6.45, 7) is 7.29. The van der Waals surface area contributed by atoms with Crippen LogP contribution in [0.15, 0.2) is 0 Å². The van der Waals surface area contributed by atoms with E-state index >= 15 is 0 Å². The first-order valence-electron chi connectivity index (χ1n) is 7.80. The van der Waals surface area contributed by atoms with Gasteiger partial charge >= 0.3 is 0 Å². The molecule has 2 saturated carbocycles. The van der Waals surface area contributed by atoms with E-state index < -0.39 is 0 Å². The Hall–Kier alpha value is -0.120. The monoisotopic (exact) mass is 254 g/mol. The molecule has 0 heterocycles. The largest absolute Gasteiger partial charge is 0.395 e. The minimum atomic E-state index is 0.291. The molecule has 1 atom stereocenters. The molecule has 0 saturated heterocycles. The number of aliphatic hydroxyl groups is 1. The zero-order chi connectivity index (χ0) is 13.0. The molecule has 0 spiro atoms. The van der Waals surface area contributed by atoms with Crippen LogP contribution in [0.5, 0.6) is 0 Å². The Labute approximate surface area is 112 Å². The summed E-state index contributed by atoms with van der Waals surface area (Å²) in [5, 5.41) is 13.0. The summed E-state index contributed by atoms with van der Waals surface area (Å²) in [5.74, 6) is 0.796. The molecule has 2 N–H and O–H groups in total. The Morgan fingerprint density at radius 1 is 1.11 bits per heavy atom. The number of nitrogens with zero attached hydrogens (tertiary/aromatic N) is 1. The number of hydrogen-bond donors (Lipinski definition) is 2. The summed E-state index contributed by atoms with van der Waals surface area (Å²) in [6.07, 6.45) is 7.78. The van der Waals surface area contributed by atoms with E-state index in [2.05, 4.69) is 24.1 Å². The van der Waals surface area contributed by atoms with Crippen molar-refractivity contribution >= 4 is 0 Å². The van der Waals surface area contributed by atoms with Crippen LogP contribution >= 0.6 is 0 Å². The van der Waals surface area contributed by atoms with Crippen LogP contribution in [-0.4, -0.2) is 47.8 Å². The van der Waals surface area contributed by atoms with Gasteiger partial charge in [-0.1, -0.05) is 13.8 Å². The van der Waals surface area contributed by atoms with E-state index in [1.165, 1.54) is 38.6 Å². The zero-order valence-corrected chi connectivity index (χ0v) is 12.1. The van der Waals surface area contributed by atoms with Crippen LogP contribution in [0.1, 0.15) is 52.4 Å². The molecule has 2 fully saturated rings. The fourth-order valence-corrected chi connectivity index (χ4v) is 2.47. The van der Waals surface area contributed by atoms with Crippen molar-refractivity contribution in [3.63, 3.8) is 0 Å². The molecule has 0 aromatic carbocycles. The van der Waals surface area contributed by atoms with Gasteiger partial charge in [0.15, 0.2) is 0 Å². The molecule has 0 bridgehead atoms. The highest BCUT2D eigenvalue weighted by atomic mass is 16.3. The number of rotatable bonds is 10. The van der Waals surface area contributed by atoms with Crippen LogP contribution in [0, 0.1) is 5.92 Å². The summed E-state index contributed by atoms with van der Waals surface area (Å²) < 4.78 is 0. The van der Waals surface area contributed by atoms with Crippen LogP contribution in [0.3, 0.4) is 0 Å². The van der Waals surface area contributed by atoms with Gasteiger partial charge in [0, 0.05) is 18.1 Å². The van der Waals surface area contributed by atoms with Crippen LogP contribution in [0.4, 0.5) is 0 Å². The van der Waals surface area contributed by atoms with Crippen molar-refractivity contribution in [1.82, 2.24) is 10.2 Å². The molecule has 2 aliphatic rings. The highest BCUT2D eigenvalue weighted by molar-refractivity contribution is 4.88. The number of hydrogen-bond acceptors (Lipinski definition) is 3. The summed E-state index contributed by atoms with van der Waals surface area (Å²) in [5.41, 5.74) is 0. The molecule has 0 aliphatic heterocycles. The van der Waals surface area contributed by atoms with Crippen LogP contribution in [0.2, 0.25) is 0 Å². The lowest BCUT2D eigenvalue weighted by Crippen LogP contribution is -2.39. The van der Waals surface area contributed by atoms with Crippen LogP contribution in [0.25, 0.3) is 0 Å². The first kappa shape index (κ1) is 14.3. The summed E-state index contributed by atoms with van der Waals surface area (Å²) >= 11 is 0. The van der Waals surface area contributed by atoms with Gasteiger partial charge < -0.3 is 15.3 Å². The minimum absolute atomic E-state index is 0.291. The molecular weight excluding hydrogens is 224 g/mol. The smallest absolute Gasteiger partial charge is 0.0585 e. The normalized spacial score (nSPS) is 21.8. The molecule has 2 rings (SSSR count). The molecular formula is C15H30N2O. The van der Waals surface area contributed by atoms with Gasteiger partial charge in [0.25, 0.3) is 0 Å². The fraction of sp³-hybridized carbons (Fsp3) is 1.00. The zero-order valence-electron chi connectivity index (χ0n) is 12.1. The van der Waals surface area contributed by atoms with Crippen LogP contribution in [-0.2, 0) is 0 Å². The second kappa shape index (κ2) is 6.88. The Balaban J connectivity index is 1.66. The lowest BCUT2D eigenvalue weighted by Gasteiger charge is -2.25. The Bertz CT molecular complexity index is 237. The molecule has 0 amide bonds. The summed E-state index contributed by atoms with van der Waals surface area (Å²) in [7, 11) is 0. The fourth-order valence-electron chi connectivity index (χ4n) is 2.47. The van der Waals surface area contributed by atoms with Crippen molar-refractivity contribution in [2.45, 2.75) is 70.5 Å². The maximum atomic E-state index is 9.41. The molecule has 0 radical (unpaired) electrons. The second-order valence-corrected chi connectivity index (χ2v) is 6.56. The van der Waals surface area contributed by atoms with Crippen LogP contribution < -0.4 is 5.32 Å². The van der Waals surface area contributed by atoms with Crippen molar-refractivity contribution in [1.29, 1.82) is 0 Å². The van der Waals surface area contributed by atoms with E-state index in [0.717, 1.165) is 24.9 Å². The van der Waals surface area contributed by atoms with E-state index in [4.69, 9.17) is 0 Å². The Kier molecular flexibility index (Phi) is 5.46. The van der Waals surface area contributed by atoms with Gasteiger partial charge in [0.2, 0.25) is 0 Å². The highest BCUT2D eigenvalue weighted by Gasteiger charge is 2.30. The Morgan fingerprint density at radius 3 is 2.28 bits per heavy atom.